The predicted octanol–water partition coefficient (Wildman–Crippen LogP) is 2.51. The Labute approximate surface area is 115 Å². The average Bonchev–Trinajstić information content (AvgIpc) is 3.12. The quantitative estimate of drug-likeness (QED) is 0.941. The van der Waals surface area contributed by atoms with E-state index >= 15 is 0 Å². The monoisotopic (exact) mass is 298 g/mol. The number of anilines is 1. The van der Waals surface area contributed by atoms with Gasteiger partial charge in [-0.15, -0.1) is 0 Å². The Kier molecular flexibility index (Phi) is 2.79. The van der Waals surface area contributed by atoms with Crippen molar-refractivity contribution in [2.24, 2.45) is 0 Å². The number of nitrogens with two attached hydrogens (primary N) is 1. The fourth-order valence-corrected chi connectivity index (χ4v) is 4.08. The van der Waals surface area contributed by atoms with Gasteiger partial charge in [-0.05, 0) is 31.0 Å². The molecular weight excluding hydrogens is 288 g/mol. The second-order valence-electron chi connectivity index (χ2n) is 4.51. The first-order valence-corrected chi connectivity index (χ1v) is 7.67. The zero-order valence-electron chi connectivity index (χ0n) is 9.84. The largest absolute Gasteiger partial charge is 0.381 e. The molecule has 0 aliphatic heterocycles. The third-order valence-corrected chi connectivity index (χ3v) is 5.76. The zero-order valence-corrected chi connectivity index (χ0v) is 11.4. The molecule has 1 saturated carbocycles. The number of benzene rings is 1. The van der Waals surface area contributed by atoms with Crippen molar-refractivity contribution in [3.05, 3.63) is 29.3 Å². The number of nitrogen functional groups attached to an aromatic ring is 1. The van der Waals surface area contributed by atoms with Gasteiger partial charge < -0.3 is 10.3 Å². The summed E-state index contributed by atoms with van der Waals surface area (Å²) in [7, 11) is -3.29. The van der Waals surface area contributed by atoms with E-state index in [0.29, 0.717) is 24.2 Å². The van der Waals surface area contributed by atoms with Crippen molar-refractivity contribution in [1.29, 1.82) is 0 Å². The van der Waals surface area contributed by atoms with Crippen molar-refractivity contribution in [3.63, 3.8) is 0 Å². The molecule has 1 heterocycles. The molecule has 1 aromatic carbocycles. The number of rotatable bonds is 3. The van der Waals surface area contributed by atoms with E-state index in [9.17, 15) is 8.42 Å². The molecule has 5 nitrogen and oxygen atoms in total. The van der Waals surface area contributed by atoms with Gasteiger partial charge >= 0.3 is 0 Å². The van der Waals surface area contributed by atoms with Gasteiger partial charge in [-0.25, -0.2) is 8.42 Å². The van der Waals surface area contributed by atoms with Gasteiger partial charge in [0.1, 0.15) is 0 Å². The van der Waals surface area contributed by atoms with Crippen molar-refractivity contribution < 1.29 is 12.9 Å². The van der Waals surface area contributed by atoms with Crippen LogP contribution in [0.2, 0.25) is 5.02 Å². The van der Waals surface area contributed by atoms with E-state index in [-0.39, 0.29) is 21.0 Å². The summed E-state index contributed by atoms with van der Waals surface area (Å²) < 4.78 is 29.3. The molecule has 0 amide bonds. The molecule has 0 unspecified atom stereocenters. The summed E-state index contributed by atoms with van der Waals surface area (Å²) >= 11 is 6.07. The van der Waals surface area contributed by atoms with Crippen LogP contribution in [0.3, 0.4) is 0 Å². The third kappa shape index (κ3) is 2.21. The molecule has 3 rings (SSSR count). The first-order valence-electron chi connectivity index (χ1n) is 5.74. The topological polar surface area (TPSA) is 86.2 Å². The molecule has 0 spiro atoms. The number of halogens is 1. The number of aromatic nitrogens is 1. The molecule has 1 aliphatic carbocycles. The Morgan fingerprint density at radius 1 is 1.32 bits per heavy atom. The van der Waals surface area contributed by atoms with Crippen molar-refractivity contribution in [1.82, 2.24) is 5.16 Å². The Balaban J connectivity index is 2.03. The Morgan fingerprint density at radius 3 is 2.58 bits per heavy atom. The van der Waals surface area contributed by atoms with Gasteiger partial charge in [-0.1, -0.05) is 16.8 Å². The summed E-state index contributed by atoms with van der Waals surface area (Å²) in [5, 5.41) is 3.49. The molecule has 0 saturated heterocycles. The molecule has 2 N–H and O–H groups in total. The fourth-order valence-electron chi connectivity index (χ4n) is 1.87. The first kappa shape index (κ1) is 12.5. The van der Waals surface area contributed by atoms with Crippen LogP contribution < -0.4 is 5.73 Å². The molecule has 2 aromatic rings. The van der Waals surface area contributed by atoms with Gasteiger partial charge in [-0.3, -0.25) is 0 Å². The minimum Gasteiger partial charge on any atom is -0.381 e. The van der Waals surface area contributed by atoms with Gasteiger partial charge in [0.25, 0.3) is 0 Å². The molecule has 1 fully saturated rings. The number of nitrogens with zero attached hydrogens (tertiary/aromatic N) is 1. The van der Waals surface area contributed by atoms with Crippen LogP contribution in [0.4, 0.5) is 5.82 Å². The van der Waals surface area contributed by atoms with E-state index < -0.39 is 9.84 Å². The second kappa shape index (κ2) is 4.25. The van der Waals surface area contributed by atoms with E-state index in [1.165, 1.54) is 6.07 Å². The minimum atomic E-state index is -3.29. The van der Waals surface area contributed by atoms with Crippen LogP contribution in [-0.2, 0) is 9.84 Å². The maximum absolute atomic E-state index is 12.1. The smallest absolute Gasteiger partial charge is 0.182 e. The van der Waals surface area contributed by atoms with E-state index in [2.05, 4.69) is 5.16 Å². The molecule has 1 aliphatic rings. The van der Waals surface area contributed by atoms with Crippen LogP contribution in [0.15, 0.2) is 33.7 Å². The lowest BCUT2D eigenvalue weighted by molar-refractivity contribution is 0.436. The summed E-state index contributed by atoms with van der Waals surface area (Å²) in [5.74, 6) is 0.718. The number of hydrogen-bond acceptors (Lipinski definition) is 5. The predicted molar refractivity (Wildman–Crippen MR) is 71.6 cm³/mol. The van der Waals surface area contributed by atoms with Crippen LogP contribution in [-0.4, -0.2) is 18.8 Å². The lowest BCUT2D eigenvalue weighted by Gasteiger charge is -2.06. The van der Waals surface area contributed by atoms with Crippen LogP contribution in [0.5, 0.6) is 0 Å². The van der Waals surface area contributed by atoms with Crippen LogP contribution in [0.25, 0.3) is 11.3 Å². The Bertz CT molecular complexity index is 735. The molecule has 0 radical (unpaired) electrons. The molecule has 0 atom stereocenters. The van der Waals surface area contributed by atoms with E-state index in [1.807, 2.05) is 0 Å². The maximum atomic E-state index is 12.1. The molecular formula is C12H11ClN2O3S. The molecule has 0 bridgehead atoms. The van der Waals surface area contributed by atoms with E-state index in [4.69, 9.17) is 21.9 Å². The summed E-state index contributed by atoms with van der Waals surface area (Å²) in [6.45, 7) is 0. The van der Waals surface area contributed by atoms with Gasteiger partial charge in [0, 0.05) is 11.6 Å². The lowest BCUT2D eigenvalue weighted by Crippen LogP contribution is -2.07. The van der Waals surface area contributed by atoms with Gasteiger partial charge in [0.05, 0.1) is 15.2 Å². The first-order chi connectivity index (χ1) is 8.98. The van der Waals surface area contributed by atoms with Gasteiger partial charge in [-0.2, -0.15) is 0 Å². The van der Waals surface area contributed by atoms with Crippen molar-refractivity contribution in [2.75, 3.05) is 5.73 Å². The molecule has 100 valence electrons. The lowest BCUT2D eigenvalue weighted by atomic mass is 10.2. The summed E-state index contributed by atoms with van der Waals surface area (Å²) in [6.07, 6.45) is 1.41. The second-order valence-corrected chi connectivity index (χ2v) is 7.11. The number of hydrogen-bond donors (Lipinski definition) is 1. The SMILES string of the molecule is Nc1cc(-c2ccc(S(=O)(=O)C3CC3)c(Cl)c2)on1. The van der Waals surface area contributed by atoms with Crippen LogP contribution >= 0.6 is 11.6 Å². The molecule has 1 aromatic heterocycles. The third-order valence-electron chi connectivity index (χ3n) is 3.01. The summed E-state index contributed by atoms with van der Waals surface area (Å²) in [6, 6.07) is 6.25. The van der Waals surface area contributed by atoms with Crippen molar-refractivity contribution in [3.8, 4) is 11.3 Å². The maximum Gasteiger partial charge on any atom is 0.182 e. The highest BCUT2D eigenvalue weighted by atomic mass is 35.5. The standard InChI is InChI=1S/C12H11ClN2O3S/c13-9-5-7(10-6-12(14)15-18-10)1-4-11(9)19(16,17)8-2-3-8/h1,4-6,8H,2-3H2,(H2,14,15). The Morgan fingerprint density at radius 2 is 2.05 bits per heavy atom. The van der Waals surface area contributed by atoms with E-state index in [0.717, 1.165) is 0 Å². The van der Waals surface area contributed by atoms with Crippen molar-refractivity contribution >= 4 is 27.3 Å². The fraction of sp³-hybridized carbons (Fsp3) is 0.250. The highest BCUT2D eigenvalue weighted by Crippen LogP contribution is 2.37. The highest BCUT2D eigenvalue weighted by molar-refractivity contribution is 7.92. The van der Waals surface area contributed by atoms with Crippen molar-refractivity contribution in [2.45, 2.75) is 23.0 Å². The summed E-state index contributed by atoms with van der Waals surface area (Å²) in [4.78, 5) is 0.174. The van der Waals surface area contributed by atoms with Gasteiger partial charge in [0.2, 0.25) is 0 Å². The Hall–Kier alpha value is -1.53. The van der Waals surface area contributed by atoms with E-state index in [1.54, 1.807) is 18.2 Å². The highest BCUT2D eigenvalue weighted by Gasteiger charge is 2.38. The van der Waals surface area contributed by atoms with Gasteiger partial charge in [0.15, 0.2) is 21.4 Å². The summed E-state index contributed by atoms with van der Waals surface area (Å²) in [5.41, 5.74) is 6.11. The average molecular weight is 299 g/mol. The number of sulfone groups is 1. The van der Waals surface area contributed by atoms with Crippen LogP contribution in [0, 0.1) is 0 Å². The minimum absolute atomic E-state index is 0.174. The van der Waals surface area contributed by atoms with Crippen LogP contribution in [0.1, 0.15) is 12.8 Å². The molecule has 19 heavy (non-hydrogen) atoms. The normalized spacial score (nSPS) is 15.6. The zero-order chi connectivity index (χ0) is 13.6. The molecule has 7 heteroatoms.